The van der Waals surface area contributed by atoms with Crippen LogP contribution >= 0.6 is 11.8 Å². The van der Waals surface area contributed by atoms with Gasteiger partial charge in [-0.25, -0.2) is 0 Å². The van der Waals surface area contributed by atoms with Gasteiger partial charge in [-0.05, 0) is 41.8 Å². The number of carbonyl (C=O) groups excluding carboxylic acids is 1. The highest BCUT2D eigenvalue weighted by Gasteiger charge is 2.20. The van der Waals surface area contributed by atoms with Crippen LogP contribution in [0.2, 0.25) is 0 Å². The quantitative estimate of drug-likeness (QED) is 0.534. The van der Waals surface area contributed by atoms with E-state index >= 15 is 0 Å². The number of anilines is 1. The van der Waals surface area contributed by atoms with Crippen LogP contribution in [0, 0.1) is 13.8 Å². The minimum Gasteiger partial charge on any atom is -0.538 e. The first-order valence-corrected chi connectivity index (χ1v) is 9.17. The van der Waals surface area contributed by atoms with E-state index in [2.05, 4.69) is 16.7 Å². The molecule has 0 aliphatic heterocycles. The van der Waals surface area contributed by atoms with Gasteiger partial charge in [0.15, 0.2) is 5.95 Å². The van der Waals surface area contributed by atoms with Crippen LogP contribution in [0.25, 0.3) is 5.69 Å². The molecule has 1 aromatic heterocycles. The van der Waals surface area contributed by atoms with E-state index in [0.717, 1.165) is 22.5 Å². The molecule has 26 heavy (non-hydrogen) atoms. The van der Waals surface area contributed by atoms with E-state index in [1.54, 1.807) is 0 Å². The first kappa shape index (κ1) is 18.0. The Morgan fingerprint density at radius 2 is 1.88 bits per heavy atom. The molecular weight excluding hydrogens is 350 g/mol. The van der Waals surface area contributed by atoms with Gasteiger partial charge in [0.1, 0.15) is 0 Å². The van der Waals surface area contributed by atoms with Crippen molar-refractivity contribution in [1.29, 1.82) is 0 Å². The van der Waals surface area contributed by atoms with Crippen LogP contribution in [0.1, 0.15) is 17.5 Å². The largest absolute Gasteiger partial charge is 0.538 e. The molecular formula is C19H19N3O3S. The summed E-state index contributed by atoms with van der Waals surface area (Å²) in [5.41, 5.74) is 3.71. The van der Waals surface area contributed by atoms with E-state index in [0.29, 0.717) is 10.8 Å². The predicted molar refractivity (Wildman–Crippen MR) is 97.4 cm³/mol. The van der Waals surface area contributed by atoms with Crippen molar-refractivity contribution in [2.24, 2.45) is 0 Å². The fourth-order valence-electron chi connectivity index (χ4n) is 2.60. The maximum absolute atomic E-state index is 12.2. The Hall–Kier alpha value is -2.80. The number of hydrogen-bond donors (Lipinski definition) is 1. The highest BCUT2D eigenvalue weighted by molar-refractivity contribution is 7.99. The first-order valence-electron chi connectivity index (χ1n) is 8.18. The molecule has 6 nitrogen and oxygen atoms in total. The third kappa shape index (κ3) is 4.43. The Kier molecular flexibility index (Phi) is 5.58. The second kappa shape index (κ2) is 8.05. The SMILES string of the molecule is Cc1cc(C)cc(NC(=O)CCSc2c([O-])on[n+]2-c2ccccc2)c1. The summed E-state index contributed by atoms with van der Waals surface area (Å²) in [5, 5.41) is 18.9. The van der Waals surface area contributed by atoms with E-state index in [-0.39, 0.29) is 12.3 Å². The van der Waals surface area contributed by atoms with Gasteiger partial charge >= 0.3 is 0 Å². The lowest BCUT2D eigenvalue weighted by molar-refractivity contribution is -0.705. The van der Waals surface area contributed by atoms with Gasteiger partial charge in [0.05, 0.1) is 5.27 Å². The number of aryl methyl sites for hydroxylation is 2. The molecule has 7 heteroatoms. The number of benzene rings is 2. The molecule has 0 unspecified atom stereocenters. The highest BCUT2D eigenvalue weighted by atomic mass is 32.2. The molecule has 0 radical (unpaired) electrons. The Morgan fingerprint density at radius 3 is 2.58 bits per heavy atom. The van der Waals surface area contributed by atoms with E-state index in [1.807, 2.05) is 56.3 Å². The fraction of sp³-hybridized carbons (Fsp3) is 0.211. The van der Waals surface area contributed by atoms with Gasteiger partial charge in [-0.15, -0.1) is 0 Å². The molecule has 1 N–H and O–H groups in total. The number of nitrogens with zero attached hydrogens (tertiary/aromatic N) is 2. The average molecular weight is 369 g/mol. The molecule has 1 heterocycles. The van der Waals surface area contributed by atoms with Crippen LogP contribution in [0.5, 0.6) is 5.95 Å². The van der Waals surface area contributed by atoms with Crippen molar-refractivity contribution in [3.8, 4) is 11.6 Å². The molecule has 0 aliphatic rings. The molecule has 134 valence electrons. The summed E-state index contributed by atoms with van der Waals surface area (Å²) in [6.45, 7) is 3.98. The topological polar surface area (TPSA) is 82.1 Å². The summed E-state index contributed by atoms with van der Waals surface area (Å²) < 4.78 is 6.22. The van der Waals surface area contributed by atoms with Crippen LogP contribution < -0.4 is 15.1 Å². The number of carbonyl (C=O) groups is 1. The van der Waals surface area contributed by atoms with Crippen molar-refractivity contribution < 1.29 is 19.1 Å². The smallest absolute Gasteiger partial charge is 0.297 e. The lowest BCUT2D eigenvalue weighted by atomic mass is 10.1. The molecule has 0 spiro atoms. The predicted octanol–water partition coefficient (Wildman–Crippen LogP) is 2.76. The number of aromatic nitrogens is 2. The molecule has 3 rings (SSSR count). The van der Waals surface area contributed by atoms with Crippen molar-refractivity contribution in [2.75, 3.05) is 11.1 Å². The van der Waals surface area contributed by atoms with Crippen molar-refractivity contribution in [1.82, 2.24) is 5.27 Å². The van der Waals surface area contributed by atoms with Gasteiger partial charge in [-0.1, -0.05) is 36.0 Å². The van der Waals surface area contributed by atoms with Crippen LogP contribution in [0.3, 0.4) is 0 Å². The maximum atomic E-state index is 12.2. The molecule has 0 saturated heterocycles. The molecule has 2 aromatic carbocycles. The van der Waals surface area contributed by atoms with E-state index in [4.69, 9.17) is 4.52 Å². The second-order valence-electron chi connectivity index (χ2n) is 5.94. The molecule has 0 saturated carbocycles. The van der Waals surface area contributed by atoms with Crippen LogP contribution in [0.4, 0.5) is 5.69 Å². The third-order valence-electron chi connectivity index (χ3n) is 3.65. The Labute approximate surface area is 155 Å². The number of rotatable bonds is 6. The molecule has 1 amide bonds. The van der Waals surface area contributed by atoms with Gasteiger partial charge in [0.25, 0.3) is 5.03 Å². The molecule has 0 atom stereocenters. The number of nitrogens with one attached hydrogen (secondary N) is 1. The normalized spacial score (nSPS) is 10.7. The minimum absolute atomic E-state index is 0.0994. The monoisotopic (exact) mass is 369 g/mol. The third-order valence-corrected chi connectivity index (χ3v) is 4.67. The van der Waals surface area contributed by atoms with E-state index < -0.39 is 5.95 Å². The summed E-state index contributed by atoms with van der Waals surface area (Å²) in [6.07, 6.45) is 0.275. The van der Waals surface area contributed by atoms with Crippen LogP contribution in [-0.2, 0) is 4.79 Å². The first-order chi connectivity index (χ1) is 12.5. The van der Waals surface area contributed by atoms with Gasteiger partial charge < -0.3 is 14.9 Å². The zero-order chi connectivity index (χ0) is 18.5. The van der Waals surface area contributed by atoms with Gasteiger partial charge in [-0.3, -0.25) is 4.79 Å². The zero-order valence-corrected chi connectivity index (χ0v) is 15.4. The zero-order valence-electron chi connectivity index (χ0n) is 14.6. The Morgan fingerprint density at radius 1 is 1.19 bits per heavy atom. The minimum atomic E-state index is -0.506. The summed E-state index contributed by atoms with van der Waals surface area (Å²) in [5.74, 6) is -0.161. The van der Waals surface area contributed by atoms with Crippen molar-refractivity contribution in [3.63, 3.8) is 0 Å². The lowest BCUT2D eigenvalue weighted by Crippen LogP contribution is -2.34. The highest BCUT2D eigenvalue weighted by Crippen LogP contribution is 2.24. The molecule has 0 fully saturated rings. The Bertz CT molecular complexity index is 889. The lowest BCUT2D eigenvalue weighted by Gasteiger charge is -2.07. The van der Waals surface area contributed by atoms with Crippen molar-refractivity contribution >= 4 is 23.4 Å². The number of thioether (sulfide) groups is 1. The number of amides is 1. The number of para-hydroxylation sites is 1. The van der Waals surface area contributed by atoms with E-state index in [9.17, 15) is 9.90 Å². The second-order valence-corrected chi connectivity index (χ2v) is 7.02. The summed E-state index contributed by atoms with van der Waals surface area (Å²) in [6, 6.07) is 15.2. The van der Waals surface area contributed by atoms with Crippen LogP contribution in [-0.4, -0.2) is 16.9 Å². The summed E-state index contributed by atoms with van der Waals surface area (Å²) in [4.78, 5) is 12.2. The molecule has 0 aliphatic carbocycles. The maximum Gasteiger partial charge on any atom is 0.297 e. The molecule has 0 bridgehead atoms. The number of hydrogen-bond acceptors (Lipinski definition) is 5. The fourth-order valence-corrected chi connectivity index (χ4v) is 3.50. The standard InChI is InChI=1S/C19H19N3O3S/c1-13-10-14(2)12-15(11-13)20-17(23)8-9-26-18-19(24)25-21-22(18)16-6-4-3-5-7-16/h3-7,10-12H,8-9H2,1-2H3,(H-,20,21,23,24). The Balaban J connectivity index is 1.60. The van der Waals surface area contributed by atoms with Crippen molar-refractivity contribution in [2.45, 2.75) is 25.3 Å². The average Bonchev–Trinajstić information content (AvgIpc) is 2.96. The van der Waals surface area contributed by atoms with Crippen molar-refractivity contribution in [3.05, 3.63) is 59.7 Å². The van der Waals surface area contributed by atoms with Gasteiger partial charge in [0, 0.05) is 30.0 Å². The summed E-state index contributed by atoms with van der Waals surface area (Å²) in [7, 11) is 0. The van der Waals surface area contributed by atoms with E-state index in [1.165, 1.54) is 16.4 Å². The molecule has 3 aromatic rings. The summed E-state index contributed by atoms with van der Waals surface area (Å²) >= 11 is 1.25. The van der Waals surface area contributed by atoms with Gasteiger partial charge in [0.2, 0.25) is 11.6 Å². The van der Waals surface area contributed by atoms with Crippen LogP contribution in [0.15, 0.2) is 58.1 Å². The van der Waals surface area contributed by atoms with Gasteiger partial charge in [-0.2, -0.15) is 0 Å².